The number of Topliss-reactive ketones (excluding diaryl/α,β-unsaturated/α-hetero) is 1. The molecule has 100 valence electrons. The van der Waals surface area contributed by atoms with Crippen molar-refractivity contribution in [2.24, 2.45) is 5.92 Å². The fourth-order valence-electron chi connectivity index (χ4n) is 3.16. The van der Waals surface area contributed by atoms with Crippen molar-refractivity contribution in [2.45, 2.75) is 44.3 Å². The minimum Gasteiger partial charge on any atom is -0.375 e. The van der Waals surface area contributed by atoms with Crippen LogP contribution in [0.15, 0.2) is 36.4 Å². The summed E-state index contributed by atoms with van der Waals surface area (Å²) in [6, 6.07) is 10.1. The smallest absolute Gasteiger partial charge is 0.139 e. The van der Waals surface area contributed by atoms with E-state index in [0.29, 0.717) is 24.4 Å². The molecule has 1 aromatic carbocycles. The molecule has 19 heavy (non-hydrogen) atoms. The molecule has 0 aliphatic carbocycles. The Kier molecular flexibility index (Phi) is 3.79. The predicted octanol–water partition coefficient (Wildman–Crippen LogP) is 3.62. The van der Waals surface area contributed by atoms with Gasteiger partial charge in [-0.05, 0) is 31.2 Å². The van der Waals surface area contributed by atoms with Gasteiger partial charge in [0.05, 0.1) is 12.2 Å². The van der Waals surface area contributed by atoms with Gasteiger partial charge in [0.25, 0.3) is 0 Å². The van der Waals surface area contributed by atoms with Gasteiger partial charge in [-0.15, -0.1) is 0 Å². The third-order valence-electron chi connectivity index (χ3n) is 4.17. The van der Waals surface area contributed by atoms with Crippen LogP contribution in [0, 0.1) is 5.92 Å². The van der Waals surface area contributed by atoms with Crippen LogP contribution in [-0.2, 0) is 9.53 Å². The highest BCUT2D eigenvalue weighted by Gasteiger charge is 2.37. The molecular weight excluding hydrogens is 236 g/mol. The summed E-state index contributed by atoms with van der Waals surface area (Å²) in [7, 11) is 0. The molecule has 0 saturated carbocycles. The number of rotatable bonds is 4. The van der Waals surface area contributed by atoms with Crippen molar-refractivity contribution in [2.75, 3.05) is 0 Å². The number of hydrogen-bond donors (Lipinski definition) is 0. The van der Waals surface area contributed by atoms with Gasteiger partial charge in [0.2, 0.25) is 0 Å². The number of benzene rings is 1. The molecule has 0 aromatic heterocycles. The summed E-state index contributed by atoms with van der Waals surface area (Å²) in [5.41, 5.74) is 1.15. The Morgan fingerprint density at radius 3 is 2.53 bits per heavy atom. The highest BCUT2D eigenvalue weighted by molar-refractivity contribution is 5.83. The second-order valence-corrected chi connectivity index (χ2v) is 5.61. The molecule has 2 bridgehead atoms. The van der Waals surface area contributed by atoms with E-state index in [1.165, 1.54) is 0 Å². The number of ether oxygens (including phenoxy) is 1. The van der Waals surface area contributed by atoms with Crippen molar-refractivity contribution in [1.82, 2.24) is 0 Å². The average Bonchev–Trinajstić information content (AvgIpc) is 2.78. The highest BCUT2D eigenvalue weighted by Crippen LogP contribution is 2.36. The van der Waals surface area contributed by atoms with Crippen LogP contribution in [0.3, 0.4) is 0 Å². The normalized spacial score (nSPS) is 29.8. The van der Waals surface area contributed by atoms with E-state index in [2.05, 4.69) is 12.1 Å². The number of carbonyl (C=O) groups excluding carboxylic acids is 1. The fourth-order valence-corrected chi connectivity index (χ4v) is 3.16. The third-order valence-corrected chi connectivity index (χ3v) is 4.17. The summed E-state index contributed by atoms with van der Waals surface area (Å²) in [6.07, 6.45) is 9.46. The third kappa shape index (κ3) is 3.13. The van der Waals surface area contributed by atoms with Gasteiger partial charge in [-0.3, -0.25) is 4.79 Å². The second kappa shape index (κ2) is 5.70. The molecule has 1 aromatic rings. The lowest BCUT2D eigenvalue weighted by atomic mass is 9.90. The van der Waals surface area contributed by atoms with Gasteiger partial charge in [-0.2, -0.15) is 0 Å². The van der Waals surface area contributed by atoms with Crippen molar-refractivity contribution in [3.05, 3.63) is 42.0 Å². The van der Waals surface area contributed by atoms with Crippen LogP contribution >= 0.6 is 0 Å². The van der Waals surface area contributed by atoms with Crippen molar-refractivity contribution < 1.29 is 9.53 Å². The molecule has 2 aliphatic heterocycles. The SMILES string of the molecule is O=C(C/C=C/c1ccccc1)C1CC2CCC(C1)O2. The van der Waals surface area contributed by atoms with Gasteiger partial charge in [-0.1, -0.05) is 42.5 Å². The Bertz CT molecular complexity index is 451. The number of ketones is 1. The van der Waals surface area contributed by atoms with E-state index >= 15 is 0 Å². The molecule has 0 spiro atoms. The zero-order chi connectivity index (χ0) is 13.1. The fraction of sp³-hybridized carbons (Fsp3) is 0.471. The molecule has 2 fully saturated rings. The van der Waals surface area contributed by atoms with Gasteiger partial charge in [0.15, 0.2) is 0 Å². The Hall–Kier alpha value is -1.41. The maximum absolute atomic E-state index is 12.2. The van der Waals surface area contributed by atoms with Crippen molar-refractivity contribution in [3.8, 4) is 0 Å². The van der Waals surface area contributed by atoms with Crippen LogP contribution in [0.4, 0.5) is 0 Å². The lowest BCUT2D eigenvalue weighted by Gasteiger charge is -2.27. The van der Waals surface area contributed by atoms with Crippen LogP contribution in [0.2, 0.25) is 0 Å². The zero-order valence-corrected chi connectivity index (χ0v) is 11.1. The number of fused-ring (bicyclic) bond motifs is 2. The predicted molar refractivity (Wildman–Crippen MR) is 75.7 cm³/mol. The first-order valence-corrected chi connectivity index (χ1v) is 7.21. The minimum absolute atomic E-state index is 0.228. The van der Waals surface area contributed by atoms with Crippen molar-refractivity contribution in [3.63, 3.8) is 0 Å². The van der Waals surface area contributed by atoms with Crippen molar-refractivity contribution >= 4 is 11.9 Å². The first-order chi connectivity index (χ1) is 9.31. The molecule has 3 rings (SSSR count). The molecule has 2 saturated heterocycles. The second-order valence-electron chi connectivity index (χ2n) is 5.61. The number of allylic oxidation sites excluding steroid dienone is 1. The first-order valence-electron chi connectivity index (χ1n) is 7.21. The quantitative estimate of drug-likeness (QED) is 0.822. The molecule has 2 atom stereocenters. The van der Waals surface area contributed by atoms with Gasteiger partial charge < -0.3 is 4.74 Å². The van der Waals surface area contributed by atoms with E-state index in [9.17, 15) is 4.79 Å². The molecule has 2 heteroatoms. The van der Waals surface area contributed by atoms with E-state index in [-0.39, 0.29) is 5.92 Å². The molecule has 2 nitrogen and oxygen atoms in total. The van der Waals surface area contributed by atoms with Crippen LogP contribution < -0.4 is 0 Å². The maximum atomic E-state index is 12.2. The van der Waals surface area contributed by atoms with Crippen LogP contribution in [0.1, 0.15) is 37.7 Å². The summed E-state index contributed by atoms with van der Waals surface area (Å²) >= 11 is 0. The molecule has 2 heterocycles. The number of hydrogen-bond acceptors (Lipinski definition) is 2. The lowest BCUT2D eigenvalue weighted by Crippen LogP contribution is -2.29. The lowest BCUT2D eigenvalue weighted by molar-refractivity contribution is -0.127. The largest absolute Gasteiger partial charge is 0.375 e. The van der Waals surface area contributed by atoms with E-state index in [1.807, 2.05) is 30.4 Å². The Morgan fingerprint density at radius 2 is 1.84 bits per heavy atom. The molecular formula is C17H20O2. The first kappa shape index (κ1) is 12.6. The molecule has 0 radical (unpaired) electrons. The van der Waals surface area contributed by atoms with E-state index < -0.39 is 0 Å². The standard InChI is InChI=1S/C17H20O2/c18-17(8-4-7-13-5-2-1-3-6-13)14-11-15-9-10-16(12-14)19-15/h1-7,14-16H,8-12H2/b7-4+. The summed E-state index contributed by atoms with van der Waals surface area (Å²) in [6.45, 7) is 0. The van der Waals surface area contributed by atoms with Crippen LogP contribution in [-0.4, -0.2) is 18.0 Å². The van der Waals surface area contributed by atoms with E-state index in [0.717, 1.165) is 31.2 Å². The van der Waals surface area contributed by atoms with Gasteiger partial charge >= 0.3 is 0 Å². The molecule has 0 N–H and O–H groups in total. The Labute approximate surface area is 114 Å². The summed E-state index contributed by atoms with van der Waals surface area (Å²) in [5, 5.41) is 0. The summed E-state index contributed by atoms with van der Waals surface area (Å²) in [5.74, 6) is 0.610. The molecule has 2 unspecified atom stereocenters. The van der Waals surface area contributed by atoms with E-state index in [1.54, 1.807) is 0 Å². The van der Waals surface area contributed by atoms with Gasteiger partial charge in [0.1, 0.15) is 5.78 Å². The number of carbonyl (C=O) groups is 1. The maximum Gasteiger partial charge on any atom is 0.139 e. The van der Waals surface area contributed by atoms with Crippen molar-refractivity contribution in [1.29, 1.82) is 0 Å². The Morgan fingerprint density at radius 1 is 1.16 bits per heavy atom. The van der Waals surface area contributed by atoms with E-state index in [4.69, 9.17) is 4.74 Å². The Balaban J connectivity index is 1.53. The minimum atomic E-state index is 0.228. The topological polar surface area (TPSA) is 26.3 Å². The van der Waals surface area contributed by atoms with Crippen LogP contribution in [0.5, 0.6) is 0 Å². The highest BCUT2D eigenvalue weighted by atomic mass is 16.5. The van der Waals surface area contributed by atoms with Crippen LogP contribution in [0.25, 0.3) is 6.08 Å². The zero-order valence-electron chi connectivity index (χ0n) is 11.1. The van der Waals surface area contributed by atoms with Gasteiger partial charge in [-0.25, -0.2) is 0 Å². The summed E-state index contributed by atoms with van der Waals surface area (Å²) < 4.78 is 5.78. The molecule has 0 amide bonds. The molecule has 2 aliphatic rings. The summed E-state index contributed by atoms with van der Waals surface area (Å²) in [4.78, 5) is 12.2. The monoisotopic (exact) mass is 256 g/mol. The van der Waals surface area contributed by atoms with Gasteiger partial charge in [0, 0.05) is 12.3 Å². The average molecular weight is 256 g/mol.